The minimum Gasteiger partial charge on any atom is -0.334 e. The maximum absolute atomic E-state index is 3.18. The molecule has 0 bridgehead atoms. The minimum atomic E-state index is 0. The number of para-hydroxylation sites is 2. The molecule has 2 heteroatoms. The fourth-order valence-electron chi connectivity index (χ4n) is 3.74. The van der Waals surface area contributed by atoms with Gasteiger partial charge < -0.3 is 4.57 Å². The number of hydrogen-bond donors (Lipinski definition) is 0. The van der Waals surface area contributed by atoms with Crippen molar-refractivity contribution in [3.63, 3.8) is 0 Å². The van der Waals surface area contributed by atoms with Crippen LogP contribution in [0.2, 0.25) is 0 Å². The average Bonchev–Trinajstić information content (AvgIpc) is 3.36. The van der Waals surface area contributed by atoms with Gasteiger partial charge in [0.1, 0.15) is 0 Å². The summed E-state index contributed by atoms with van der Waals surface area (Å²) in [6.45, 7) is 0. The molecule has 1 aromatic heterocycles. The first-order chi connectivity index (χ1) is 18.4. The quantitative estimate of drug-likeness (QED) is 0.176. The van der Waals surface area contributed by atoms with Gasteiger partial charge in [-0.25, -0.2) is 0 Å². The van der Waals surface area contributed by atoms with E-state index in [9.17, 15) is 0 Å². The van der Waals surface area contributed by atoms with Crippen molar-refractivity contribution < 1.29 is 32.7 Å². The Bertz CT molecular complexity index is 1340. The summed E-state index contributed by atoms with van der Waals surface area (Å²) in [7, 11) is 0. The Morgan fingerprint density at radius 3 is 1.29 bits per heavy atom. The minimum absolute atomic E-state index is 0. The molecule has 6 aromatic carbocycles. The third-order valence-electron chi connectivity index (χ3n) is 5.35. The van der Waals surface area contributed by atoms with Gasteiger partial charge in [0, 0.05) is 43.9 Å². The zero-order valence-electron chi connectivity index (χ0n) is 21.1. The molecule has 1 heterocycles. The first kappa shape index (κ1) is 28.8. The van der Waals surface area contributed by atoms with Gasteiger partial charge in [-0.3, -0.25) is 0 Å². The summed E-state index contributed by atoms with van der Waals surface area (Å²) in [5, 5.41) is 2.53. The largest absolute Gasteiger partial charge is 0.334 e. The third kappa shape index (κ3) is 8.66. The molecular formula is C36H27NY-4. The zero-order valence-corrected chi connectivity index (χ0v) is 24.0. The monoisotopic (exact) mass is 562 g/mol. The molecule has 0 saturated heterocycles. The molecule has 0 saturated carbocycles. The van der Waals surface area contributed by atoms with E-state index in [1.165, 1.54) is 27.5 Å². The van der Waals surface area contributed by atoms with Crippen LogP contribution in [0, 0.1) is 24.3 Å². The Morgan fingerprint density at radius 2 is 0.816 bits per heavy atom. The standard InChI is InChI=1S/C18H12N.3C6H5.Y/c1-2-8-14(9-3-1)19-17-12-6-4-10-15(17)16-11-5-7-13-18(16)19;3*1-2-4-6-5-3-1;/h1-4,6-13H;3*1-5H;/q4*-1;. The van der Waals surface area contributed by atoms with E-state index >= 15 is 0 Å². The number of fused-ring (bicyclic) bond motifs is 3. The van der Waals surface area contributed by atoms with E-state index in [1.807, 2.05) is 103 Å². The van der Waals surface area contributed by atoms with Crippen LogP contribution in [-0.2, 0) is 32.7 Å². The summed E-state index contributed by atoms with van der Waals surface area (Å²) < 4.78 is 2.30. The van der Waals surface area contributed by atoms with Crippen LogP contribution >= 0.6 is 0 Å². The van der Waals surface area contributed by atoms with E-state index in [2.05, 4.69) is 89.5 Å². The number of aromatic nitrogens is 1. The van der Waals surface area contributed by atoms with Crippen LogP contribution in [0.15, 0.2) is 164 Å². The third-order valence-corrected chi connectivity index (χ3v) is 5.35. The number of rotatable bonds is 1. The predicted octanol–water partition coefficient (Wildman–Crippen LogP) is 9.04. The van der Waals surface area contributed by atoms with Crippen molar-refractivity contribution in [1.82, 2.24) is 4.57 Å². The molecule has 0 aliphatic carbocycles. The van der Waals surface area contributed by atoms with Crippen molar-refractivity contribution in [2.75, 3.05) is 0 Å². The van der Waals surface area contributed by atoms with Crippen molar-refractivity contribution in [1.29, 1.82) is 0 Å². The molecule has 38 heavy (non-hydrogen) atoms. The molecule has 0 aliphatic rings. The van der Waals surface area contributed by atoms with Gasteiger partial charge in [-0.05, 0) is 23.6 Å². The average molecular weight is 563 g/mol. The normalized spacial score (nSPS) is 9.37. The fraction of sp³-hybridized carbons (Fsp3) is 0. The second kappa shape index (κ2) is 16.9. The summed E-state index contributed by atoms with van der Waals surface area (Å²) in [4.78, 5) is 0. The first-order valence-electron chi connectivity index (χ1n) is 12.1. The van der Waals surface area contributed by atoms with Crippen LogP contribution in [0.3, 0.4) is 0 Å². The molecule has 0 atom stereocenters. The van der Waals surface area contributed by atoms with Gasteiger partial charge in [0.25, 0.3) is 0 Å². The first-order valence-corrected chi connectivity index (χ1v) is 12.1. The molecule has 0 amide bonds. The Hall–Kier alpha value is -3.78. The van der Waals surface area contributed by atoms with Crippen LogP contribution < -0.4 is 0 Å². The van der Waals surface area contributed by atoms with Crippen molar-refractivity contribution >= 4 is 21.8 Å². The van der Waals surface area contributed by atoms with Gasteiger partial charge in [0.15, 0.2) is 0 Å². The van der Waals surface area contributed by atoms with E-state index in [4.69, 9.17) is 0 Å². The van der Waals surface area contributed by atoms with Crippen molar-refractivity contribution in [3.05, 3.63) is 188 Å². The summed E-state index contributed by atoms with van der Waals surface area (Å²) >= 11 is 0. The summed E-state index contributed by atoms with van der Waals surface area (Å²) in [5.74, 6) is 0. The second-order valence-electron chi connectivity index (χ2n) is 7.86. The van der Waals surface area contributed by atoms with Crippen LogP contribution in [0.25, 0.3) is 27.5 Å². The molecule has 7 aromatic rings. The fourth-order valence-corrected chi connectivity index (χ4v) is 3.74. The molecular weight excluding hydrogens is 535 g/mol. The van der Waals surface area contributed by atoms with Gasteiger partial charge in [-0.1, -0.05) is 41.9 Å². The molecule has 0 spiro atoms. The van der Waals surface area contributed by atoms with Crippen LogP contribution in [0.4, 0.5) is 0 Å². The van der Waals surface area contributed by atoms with E-state index in [0.717, 1.165) is 0 Å². The summed E-state index contributed by atoms with van der Waals surface area (Å²) in [6, 6.07) is 65.8. The van der Waals surface area contributed by atoms with E-state index in [1.54, 1.807) is 0 Å². The van der Waals surface area contributed by atoms with E-state index < -0.39 is 0 Å². The molecule has 1 radical (unpaired) electrons. The van der Waals surface area contributed by atoms with Crippen molar-refractivity contribution in [2.45, 2.75) is 0 Å². The van der Waals surface area contributed by atoms with Gasteiger partial charge >= 0.3 is 0 Å². The maximum atomic E-state index is 3.18. The van der Waals surface area contributed by atoms with Crippen molar-refractivity contribution in [3.8, 4) is 5.69 Å². The molecule has 0 N–H and O–H groups in total. The Morgan fingerprint density at radius 1 is 0.368 bits per heavy atom. The van der Waals surface area contributed by atoms with Crippen LogP contribution in [-0.4, -0.2) is 4.57 Å². The van der Waals surface area contributed by atoms with Crippen molar-refractivity contribution in [2.24, 2.45) is 0 Å². The second-order valence-corrected chi connectivity index (χ2v) is 7.86. The van der Waals surface area contributed by atoms with Gasteiger partial charge in [0.2, 0.25) is 0 Å². The molecule has 7 rings (SSSR count). The van der Waals surface area contributed by atoms with Crippen LogP contribution in [0.1, 0.15) is 0 Å². The van der Waals surface area contributed by atoms with Gasteiger partial charge in [0.05, 0.1) is 0 Å². The molecule has 0 fully saturated rings. The Kier molecular flexibility index (Phi) is 12.8. The number of benzene rings is 6. The molecule has 1 nitrogen and oxygen atoms in total. The maximum Gasteiger partial charge on any atom is 0.0438 e. The predicted molar refractivity (Wildman–Crippen MR) is 155 cm³/mol. The SMILES string of the molecule is [Y].[c-]1ccc2c(c1)c1ccccc1n2-c1ccccc1.[c-]1ccccc1.[c-]1ccccc1.[c-]1ccccc1. The number of hydrogen-bond acceptors (Lipinski definition) is 0. The Balaban J connectivity index is 0.000000172. The molecule has 0 aliphatic heterocycles. The van der Waals surface area contributed by atoms with E-state index in [-0.39, 0.29) is 32.7 Å². The number of nitrogens with zero attached hydrogens (tertiary/aromatic N) is 1. The van der Waals surface area contributed by atoms with Crippen LogP contribution in [0.5, 0.6) is 0 Å². The smallest absolute Gasteiger partial charge is 0.0438 e. The molecule has 0 unspecified atom stereocenters. The summed E-state index contributed by atoms with van der Waals surface area (Å²) in [6.07, 6.45) is 0. The summed E-state index contributed by atoms with van der Waals surface area (Å²) in [5.41, 5.74) is 3.66. The molecule has 183 valence electrons. The zero-order chi connectivity index (χ0) is 25.4. The Labute approximate surface area is 251 Å². The topological polar surface area (TPSA) is 4.93 Å². The van der Waals surface area contributed by atoms with Gasteiger partial charge in [-0.15, -0.1) is 11.5 Å². The van der Waals surface area contributed by atoms with E-state index in [0.29, 0.717) is 0 Å². The van der Waals surface area contributed by atoms with Gasteiger partial charge in [-0.2, -0.15) is 127 Å².